The van der Waals surface area contributed by atoms with Crippen molar-refractivity contribution in [2.75, 3.05) is 53.1 Å². The number of ether oxygens (including phenoxy) is 5. The van der Waals surface area contributed by atoms with Gasteiger partial charge in [0, 0.05) is 83.2 Å². The molecule has 0 unspecified atom stereocenters. The van der Waals surface area contributed by atoms with Crippen molar-refractivity contribution in [2.45, 2.75) is 204 Å². The molecule has 11 heterocycles. The number of rotatable bonds is 12. The highest BCUT2D eigenvalue weighted by molar-refractivity contribution is 7.10. The molecule has 426 valence electrons. The normalized spacial score (nSPS) is 33.3. The molecule has 1 aromatic carbocycles. The zero-order valence-electron chi connectivity index (χ0n) is 47.9. The number of hydrogen-bond donors (Lipinski definition) is 2. The summed E-state index contributed by atoms with van der Waals surface area (Å²) in [6, 6.07) is 7.52. The van der Waals surface area contributed by atoms with E-state index in [0.717, 1.165) is 120 Å². The molecule has 10 bridgehead atoms. The molecule has 17 heteroatoms. The highest BCUT2D eigenvalue weighted by atomic mass is 32.1. The van der Waals surface area contributed by atoms with Crippen LogP contribution in [0.5, 0.6) is 0 Å². The second-order valence-corrected chi connectivity index (χ2v) is 27.9. The average Bonchev–Trinajstić information content (AvgIpc) is 3.92. The van der Waals surface area contributed by atoms with Crippen molar-refractivity contribution in [3.8, 4) is 22.5 Å². The molecule has 16 nitrogen and oxygen atoms in total. The summed E-state index contributed by atoms with van der Waals surface area (Å²) in [4.78, 5) is 60.9. The van der Waals surface area contributed by atoms with Crippen molar-refractivity contribution in [3.05, 3.63) is 57.7 Å². The quantitative estimate of drug-likeness (QED) is 0.130. The lowest BCUT2D eigenvalue weighted by molar-refractivity contribution is -0.172. The minimum Gasteiger partial charge on any atom is -0.464 e. The number of pyridine rings is 1. The van der Waals surface area contributed by atoms with Gasteiger partial charge in [0.05, 0.1) is 60.3 Å². The Bertz CT molecular complexity index is 2970. The van der Waals surface area contributed by atoms with E-state index < -0.39 is 29.1 Å². The van der Waals surface area contributed by atoms with Crippen molar-refractivity contribution in [3.63, 3.8) is 0 Å². The van der Waals surface area contributed by atoms with Gasteiger partial charge in [0.1, 0.15) is 22.7 Å². The fourth-order valence-corrected chi connectivity index (χ4v) is 16.3. The number of hydrazine groups is 1. The Labute approximate surface area is 470 Å². The maximum atomic E-state index is 15.6. The summed E-state index contributed by atoms with van der Waals surface area (Å²) in [5.74, 6) is -0.461. The van der Waals surface area contributed by atoms with Gasteiger partial charge in [0.25, 0.3) is 11.8 Å². The minimum absolute atomic E-state index is 0.0264. The van der Waals surface area contributed by atoms with E-state index in [1.807, 2.05) is 6.92 Å². The first-order valence-corrected chi connectivity index (χ1v) is 30.9. The second-order valence-electron chi connectivity index (χ2n) is 27.0. The Morgan fingerprint density at radius 1 is 0.975 bits per heavy atom. The largest absolute Gasteiger partial charge is 0.464 e. The van der Waals surface area contributed by atoms with Gasteiger partial charge in [-0.1, -0.05) is 26.8 Å². The molecule has 3 aliphatic carbocycles. The number of esters is 1. The van der Waals surface area contributed by atoms with Crippen molar-refractivity contribution in [1.29, 1.82) is 0 Å². The van der Waals surface area contributed by atoms with E-state index in [0.29, 0.717) is 57.8 Å². The third-order valence-electron chi connectivity index (χ3n) is 20.2. The van der Waals surface area contributed by atoms with Crippen LogP contribution in [0.4, 0.5) is 0 Å². The fraction of sp³-hybridized carbons (Fsp3) is 0.694. The first-order chi connectivity index (χ1) is 37.9. The number of carbonyl (C=O) groups is 3. The first kappa shape index (κ1) is 53.9. The Morgan fingerprint density at radius 3 is 2.46 bits per heavy atom. The molecular weight excluding hydrogens is 1020 g/mol. The molecule has 3 aromatic heterocycles. The molecule has 0 spiro atoms. The predicted octanol–water partition coefficient (Wildman–Crippen LogP) is 9.05. The maximum absolute atomic E-state index is 15.6. The number of methoxy groups -OCH3 is 1. The molecule has 4 aromatic rings. The van der Waals surface area contributed by atoms with E-state index in [-0.39, 0.29) is 65.7 Å². The van der Waals surface area contributed by atoms with Gasteiger partial charge in [-0.2, -0.15) is 0 Å². The van der Waals surface area contributed by atoms with E-state index in [1.165, 1.54) is 18.4 Å². The van der Waals surface area contributed by atoms with E-state index in [1.54, 1.807) is 23.5 Å². The van der Waals surface area contributed by atoms with Crippen LogP contribution >= 0.6 is 11.3 Å². The highest BCUT2D eigenvalue weighted by Gasteiger charge is 2.68. The Kier molecular flexibility index (Phi) is 14.0. The lowest BCUT2D eigenvalue weighted by Gasteiger charge is -2.53. The number of hydrogen-bond acceptors (Lipinski definition) is 14. The number of likely N-dealkylation sites (tertiary alicyclic amines) is 2. The summed E-state index contributed by atoms with van der Waals surface area (Å²) in [5.41, 5.74) is 9.85. The van der Waals surface area contributed by atoms with Gasteiger partial charge in [0.2, 0.25) is 0 Å². The van der Waals surface area contributed by atoms with Crippen molar-refractivity contribution >= 4 is 40.0 Å². The first-order valence-electron chi connectivity index (χ1n) is 30.0. The number of benzene rings is 1. The number of cyclic esters (lactones) is 1. The van der Waals surface area contributed by atoms with Crippen molar-refractivity contribution in [1.82, 2.24) is 40.1 Å². The summed E-state index contributed by atoms with van der Waals surface area (Å²) >= 11 is 1.55. The SMILES string of the molecule is CO[C@@H](C)c1ncc(C2CCN(C3CC3)CC2)cc1-c1c2c3cc(ccc3n1CCO[C@H]1CCOC(C)(C)C1)-c1csc(n1)[C@@H](N1CCCC1)[C@H](NC(=O)C13CC(C)(C1)[C@@H](C)O3)C(=O)N1N[C@H](C(=O)OCC(C)(C)C2)C2CC1C2. The molecule has 15 rings (SSSR count). The number of amides is 2. The molecule has 11 aliphatic rings. The molecule has 0 radical (unpaired) electrons. The van der Waals surface area contributed by atoms with Gasteiger partial charge in [0.15, 0.2) is 0 Å². The number of nitrogens with one attached hydrogen (secondary N) is 2. The smallest absolute Gasteiger partial charge is 0.325 e. The zero-order chi connectivity index (χ0) is 54.8. The molecule has 79 heavy (non-hydrogen) atoms. The van der Waals surface area contributed by atoms with E-state index in [9.17, 15) is 9.59 Å². The lowest BCUT2D eigenvalue weighted by Crippen LogP contribution is -2.72. The summed E-state index contributed by atoms with van der Waals surface area (Å²) < 4.78 is 34.5. The standard InChI is InChI=1S/C62H84N8O8S/c1-36(74-8)50-46(28-41(31-63-50)38-15-20-67(21-16-38)42-12-13-42)53-47-30-59(3,4)35-76-57(72)51-40-25-43(26-40)70(66-51)56(71)52(65-58(73)62-33-61(7,34-62)37(2)78-62)54(68-18-9-10-19-68)55-64-48(32-79-55)39-11-14-49(45(47)27-39)69(53)22-24-75-44-17-23-77-60(5,6)29-44/h11,14,27-28,31-32,36-38,40,42-44,51-52,54,66H,9-10,12-13,15-26,29-30,33-35H2,1-8H3,(H,65,73)/t36-,37+,40?,43?,44-,51-,52-,54-,61?,62?/m0/s1. The second kappa shape index (κ2) is 20.5. The third-order valence-corrected chi connectivity index (χ3v) is 21.1. The number of nitrogens with zero attached hydrogens (tertiary/aromatic N) is 6. The number of aromatic nitrogens is 3. The topological polar surface area (TPSA) is 162 Å². The summed E-state index contributed by atoms with van der Waals surface area (Å²) in [5, 5.41) is 9.00. The van der Waals surface area contributed by atoms with Crippen LogP contribution in [-0.2, 0) is 51.0 Å². The molecule has 2 amide bonds. The summed E-state index contributed by atoms with van der Waals surface area (Å²) in [7, 11) is 1.76. The van der Waals surface area contributed by atoms with Crippen LogP contribution in [0.2, 0.25) is 0 Å². The van der Waals surface area contributed by atoms with Gasteiger partial charge in [-0.05, 0) is 172 Å². The lowest BCUT2D eigenvalue weighted by atomic mass is 9.61. The fourth-order valence-electron chi connectivity index (χ4n) is 15.3. The number of piperidine rings is 1. The van der Waals surface area contributed by atoms with Gasteiger partial charge in [-0.3, -0.25) is 29.3 Å². The molecule has 6 atom stereocenters. The van der Waals surface area contributed by atoms with E-state index >= 15 is 4.79 Å². The van der Waals surface area contributed by atoms with Gasteiger partial charge >= 0.3 is 5.97 Å². The summed E-state index contributed by atoms with van der Waals surface area (Å²) in [6.45, 7) is 20.7. The van der Waals surface area contributed by atoms with Gasteiger partial charge < -0.3 is 38.5 Å². The van der Waals surface area contributed by atoms with Gasteiger partial charge in [-0.15, -0.1) is 11.3 Å². The molecule has 3 saturated carbocycles. The van der Waals surface area contributed by atoms with Gasteiger partial charge in [-0.25, -0.2) is 10.4 Å². The highest BCUT2D eigenvalue weighted by Crippen LogP contribution is 2.61. The van der Waals surface area contributed by atoms with E-state index in [4.69, 9.17) is 33.7 Å². The van der Waals surface area contributed by atoms with Crippen molar-refractivity contribution in [2.24, 2.45) is 16.7 Å². The van der Waals surface area contributed by atoms with E-state index in [2.05, 4.69) is 102 Å². The molecule has 2 N–H and O–H groups in total. The van der Waals surface area contributed by atoms with Crippen LogP contribution in [0.1, 0.15) is 165 Å². The Morgan fingerprint density at radius 2 is 1.75 bits per heavy atom. The number of carbonyl (C=O) groups excluding carboxylic acids is 3. The van der Waals surface area contributed by atoms with Crippen LogP contribution < -0.4 is 10.7 Å². The van der Waals surface area contributed by atoms with Crippen LogP contribution in [0.15, 0.2) is 35.8 Å². The molecule has 8 aliphatic heterocycles. The van der Waals surface area contributed by atoms with Crippen LogP contribution in [0.3, 0.4) is 0 Å². The van der Waals surface area contributed by atoms with Crippen LogP contribution in [-0.4, -0.2) is 148 Å². The monoisotopic (exact) mass is 1100 g/mol. The predicted molar refractivity (Wildman–Crippen MR) is 302 cm³/mol. The Balaban J connectivity index is 0.952. The van der Waals surface area contributed by atoms with Crippen LogP contribution in [0.25, 0.3) is 33.4 Å². The molecule has 10 fully saturated rings. The number of thiazole rings is 1. The maximum Gasteiger partial charge on any atom is 0.325 e. The summed E-state index contributed by atoms with van der Waals surface area (Å²) in [6.07, 6.45) is 13.5. The molecular formula is C62H84N8O8S. The number of fused-ring (bicyclic) bond motifs is 5. The molecule has 7 saturated heterocycles. The minimum atomic E-state index is -0.997. The Hall–Kier alpha value is -4.33. The average molecular weight is 1100 g/mol. The van der Waals surface area contributed by atoms with Crippen LogP contribution in [0, 0.1) is 16.7 Å². The zero-order valence-corrected chi connectivity index (χ0v) is 48.8. The third kappa shape index (κ3) is 9.99. The van der Waals surface area contributed by atoms with Crippen molar-refractivity contribution < 1.29 is 38.1 Å².